The van der Waals surface area contributed by atoms with E-state index in [0.717, 1.165) is 32.6 Å². The fourth-order valence-electron chi connectivity index (χ4n) is 4.28. The Bertz CT molecular complexity index is 1310. The lowest BCUT2D eigenvalue weighted by molar-refractivity contribution is -0.114. The molecule has 2 amide bonds. The predicted molar refractivity (Wildman–Crippen MR) is 160 cm³/mol. The molecule has 192 valence electrons. The Balaban J connectivity index is 1.16. The molecular formula is C30H28N4O2S2. The van der Waals surface area contributed by atoms with Gasteiger partial charge in [-0.2, -0.15) is 9.98 Å². The molecule has 6 nitrogen and oxygen atoms in total. The number of piperazine rings is 1. The number of carbonyl (C=O) groups is 2. The fourth-order valence-corrected chi connectivity index (χ4v) is 6.31. The van der Waals surface area contributed by atoms with E-state index in [1.165, 1.54) is 23.5 Å². The number of carbonyl (C=O) groups excluding carboxylic acids is 2. The number of amidine groups is 2. The topological polar surface area (TPSA) is 65.3 Å². The van der Waals surface area contributed by atoms with Crippen LogP contribution in [0.5, 0.6) is 0 Å². The zero-order valence-electron chi connectivity index (χ0n) is 21.3. The van der Waals surface area contributed by atoms with Crippen LogP contribution in [0.2, 0.25) is 0 Å². The van der Waals surface area contributed by atoms with Gasteiger partial charge in [0.25, 0.3) is 11.8 Å². The summed E-state index contributed by atoms with van der Waals surface area (Å²) in [6.45, 7) is 6.84. The third-order valence-electron chi connectivity index (χ3n) is 6.14. The van der Waals surface area contributed by atoms with Crippen LogP contribution >= 0.6 is 23.5 Å². The van der Waals surface area contributed by atoms with Gasteiger partial charge in [-0.05, 0) is 71.8 Å². The second-order valence-corrected chi connectivity index (χ2v) is 11.2. The number of nitrogens with zero attached hydrogens (tertiary/aromatic N) is 4. The molecule has 2 aromatic carbocycles. The number of thioether (sulfide) groups is 2. The maximum absolute atomic E-state index is 12.6. The highest BCUT2D eigenvalue weighted by Crippen LogP contribution is 2.33. The average Bonchev–Trinajstić information content (AvgIpc) is 3.47. The van der Waals surface area contributed by atoms with E-state index in [1.54, 1.807) is 0 Å². The minimum Gasteiger partial charge on any atom is -0.347 e. The van der Waals surface area contributed by atoms with Crippen LogP contribution in [0, 0.1) is 0 Å². The normalized spacial score (nSPS) is 21.0. The van der Waals surface area contributed by atoms with Gasteiger partial charge in [0.1, 0.15) is 0 Å². The van der Waals surface area contributed by atoms with Crippen molar-refractivity contribution >= 4 is 57.8 Å². The number of rotatable bonds is 4. The summed E-state index contributed by atoms with van der Waals surface area (Å²) in [6.07, 6.45) is 7.93. The molecule has 3 heterocycles. The van der Waals surface area contributed by atoms with Gasteiger partial charge in [0, 0.05) is 26.2 Å². The Morgan fingerprint density at radius 3 is 1.39 bits per heavy atom. The first-order chi connectivity index (χ1) is 18.4. The van der Waals surface area contributed by atoms with Crippen molar-refractivity contribution in [3.8, 4) is 0 Å². The van der Waals surface area contributed by atoms with Crippen molar-refractivity contribution in [3.63, 3.8) is 0 Å². The number of allylic oxidation sites excluding steroid dienone is 4. The molecule has 0 bridgehead atoms. The lowest BCUT2D eigenvalue weighted by atomic mass is 10.1. The predicted octanol–water partition coefficient (Wildman–Crippen LogP) is 5.84. The molecule has 0 aliphatic carbocycles. The summed E-state index contributed by atoms with van der Waals surface area (Å²) in [6, 6.07) is 20.1. The maximum Gasteiger partial charge on any atom is 0.286 e. The van der Waals surface area contributed by atoms with Crippen LogP contribution in [-0.2, 0) is 9.59 Å². The Labute approximate surface area is 231 Å². The van der Waals surface area contributed by atoms with Crippen molar-refractivity contribution in [1.29, 1.82) is 0 Å². The number of hydrogen-bond acceptors (Lipinski definition) is 6. The van der Waals surface area contributed by atoms with Gasteiger partial charge >= 0.3 is 0 Å². The SMILES string of the molecule is CC(/C=C1\SC(N2CCN(C3=NC(=O)/C(=C\C(C)=C\c4ccccc4)S3)CC2)=NC1=O)=C\c1ccccc1. The molecule has 0 unspecified atom stereocenters. The van der Waals surface area contributed by atoms with Gasteiger partial charge in [-0.1, -0.05) is 72.8 Å². The Morgan fingerprint density at radius 1 is 0.658 bits per heavy atom. The minimum atomic E-state index is -0.191. The summed E-state index contributed by atoms with van der Waals surface area (Å²) in [7, 11) is 0. The van der Waals surface area contributed by atoms with E-state index < -0.39 is 0 Å². The smallest absolute Gasteiger partial charge is 0.286 e. The third kappa shape index (κ3) is 6.44. The first-order valence-electron chi connectivity index (χ1n) is 12.5. The molecule has 0 radical (unpaired) electrons. The summed E-state index contributed by atoms with van der Waals surface area (Å²) in [4.78, 5) is 39.3. The monoisotopic (exact) mass is 540 g/mol. The van der Waals surface area contributed by atoms with Crippen LogP contribution in [-0.4, -0.2) is 58.1 Å². The molecule has 0 aromatic heterocycles. The van der Waals surface area contributed by atoms with Crippen molar-refractivity contribution in [1.82, 2.24) is 9.80 Å². The molecule has 0 atom stereocenters. The van der Waals surface area contributed by atoms with Crippen molar-refractivity contribution in [2.75, 3.05) is 26.2 Å². The number of hydrogen-bond donors (Lipinski definition) is 0. The van der Waals surface area contributed by atoms with E-state index in [-0.39, 0.29) is 11.8 Å². The molecule has 1 saturated heterocycles. The van der Waals surface area contributed by atoms with Gasteiger partial charge in [-0.15, -0.1) is 0 Å². The molecule has 3 aliphatic heterocycles. The van der Waals surface area contributed by atoms with Gasteiger partial charge in [0.2, 0.25) is 0 Å². The summed E-state index contributed by atoms with van der Waals surface area (Å²) >= 11 is 2.86. The lowest BCUT2D eigenvalue weighted by Crippen LogP contribution is -2.49. The molecule has 0 saturated carbocycles. The number of amides is 2. The van der Waals surface area contributed by atoms with Crippen LogP contribution in [0.3, 0.4) is 0 Å². The Morgan fingerprint density at radius 2 is 1.03 bits per heavy atom. The first-order valence-corrected chi connectivity index (χ1v) is 14.1. The molecule has 3 aliphatic rings. The summed E-state index contributed by atoms with van der Waals surface area (Å²) < 4.78 is 0. The lowest BCUT2D eigenvalue weighted by Gasteiger charge is -2.35. The first kappa shape index (κ1) is 26.0. The van der Waals surface area contributed by atoms with Crippen LogP contribution in [0.25, 0.3) is 12.2 Å². The molecule has 5 rings (SSSR count). The Hall–Kier alpha value is -3.62. The molecule has 0 spiro atoms. The third-order valence-corrected chi connectivity index (χ3v) is 8.23. The minimum absolute atomic E-state index is 0.191. The van der Waals surface area contributed by atoms with Crippen LogP contribution in [0.15, 0.2) is 104 Å². The number of benzene rings is 2. The highest BCUT2D eigenvalue weighted by Gasteiger charge is 2.32. The standard InChI is InChI=1S/C30H28N4O2S2/c1-21(17-23-9-5-3-6-10-23)19-25-27(35)31-29(37-25)33-13-15-34(16-14-33)30-32-28(36)26(38-30)20-22(2)18-24-11-7-4-8-12-24/h3-12,17-20H,13-16H2,1-2H3/b21-17+,22-18+,25-19-,26-20+. The maximum atomic E-state index is 12.6. The van der Waals surface area contributed by atoms with Gasteiger partial charge in [0.15, 0.2) is 10.3 Å². The molecule has 0 N–H and O–H groups in total. The largest absolute Gasteiger partial charge is 0.347 e. The molecule has 2 aromatic rings. The van der Waals surface area contributed by atoms with E-state index in [9.17, 15) is 9.59 Å². The van der Waals surface area contributed by atoms with Crippen LogP contribution in [0.4, 0.5) is 0 Å². The van der Waals surface area contributed by atoms with Crippen molar-refractivity contribution in [3.05, 3.63) is 105 Å². The van der Waals surface area contributed by atoms with E-state index in [2.05, 4.69) is 31.9 Å². The zero-order valence-corrected chi connectivity index (χ0v) is 23.0. The van der Waals surface area contributed by atoms with Crippen LogP contribution in [0.1, 0.15) is 25.0 Å². The van der Waals surface area contributed by atoms with Gasteiger partial charge in [-0.25, -0.2) is 0 Å². The summed E-state index contributed by atoms with van der Waals surface area (Å²) in [5.41, 5.74) is 4.21. The van der Waals surface area contributed by atoms with Crippen molar-refractivity contribution in [2.24, 2.45) is 9.98 Å². The van der Waals surface area contributed by atoms with Gasteiger partial charge < -0.3 is 9.80 Å². The van der Waals surface area contributed by atoms with E-state index in [0.29, 0.717) is 36.0 Å². The molecule has 38 heavy (non-hydrogen) atoms. The highest BCUT2D eigenvalue weighted by atomic mass is 32.2. The van der Waals surface area contributed by atoms with Gasteiger partial charge in [-0.3, -0.25) is 9.59 Å². The molecule has 8 heteroatoms. The summed E-state index contributed by atoms with van der Waals surface area (Å²) in [5.74, 6) is -0.383. The van der Waals surface area contributed by atoms with Crippen molar-refractivity contribution in [2.45, 2.75) is 13.8 Å². The average molecular weight is 541 g/mol. The highest BCUT2D eigenvalue weighted by molar-refractivity contribution is 8.18. The zero-order chi connectivity index (χ0) is 26.5. The second kappa shape index (κ2) is 11.8. The van der Waals surface area contributed by atoms with E-state index in [4.69, 9.17) is 0 Å². The fraction of sp³-hybridized carbons (Fsp3) is 0.200. The van der Waals surface area contributed by atoms with Gasteiger partial charge in [0.05, 0.1) is 9.81 Å². The molecular weight excluding hydrogens is 512 g/mol. The second-order valence-electron chi connectivity index (χ2n) is 9.19. The van der Waals surface area contributed by atoms with Crippen molar-refractivity contribution < 1.29 is 9.59 Å². The summed E-state index contributed by atoms with van der Waals surface area (Å²) in [5, 5.41) is 1.49. The quantitative estimate of drug-likeness (QED) is 0.454. The van der Waals surface area contributed by atoms with E-state index >= 15 is 0 Å². The number of aliphatic imine (C=N–C) groups is 2. The molecule has 1 fully saturated rings. The van der Waals surface area contributed by atoms with E-state index in [1.807, 2.05) is 86.7 Å². The van der Waals surface area contributed by atoms with Crippen LogP contribution < -0.4 is 0 Å². The Kier molecular flexibility index (Phi) is 8.10.